The van der Waals surface area contributed by atoms with Crippen molar-refractivity contribution in [1.29, 1.82) is 0 Å². The number of ether oxygens (including phenoxy) is 2. The number of rotatable bonds is 4. The quantitative estimate of drug-likeness (QED) is 0.313. The average Bonchev–Trinajstić information content (AvgIpc) is 2.22. The van der Waals surface area contributed by atoms with Crippen LogP contribution in [0.15, 0.2) is 12.7 Å². The molecule has 0 aromatic carbocycles. The third-order valence-corrected chi connectivity index (χ3v) is 1.53. The fraction of sp³-hybridized carbons (Fsp3) is 0.375. The fourth-order valence-corrected chi connectivity index (χ4v) is 0.564. The molecule has 0 bridgehead atoms. The zero-order valence-corrected chi connectivity index (χ0v) is 8.82. The molecule has 0 unspecified atom stereocenters. The first-order chi connectivity index (χ1) is 6.99. The number of halogens is 1. The summed E-state index contributed by atoms with van der Waals surface area (Å²) < 4.78 is 9.27. The van der Waals surface area contributed by atoms with Crippen molar-refractivity contribution in [3.05, 3.63) is 12.7 Å². The lowest BCUT2D eigenvalue weighted by Crippen LogP contribution is -2.28. The fourth-order valence-electron chi connectivity index (χ4n) is 0.515. The number of carbonyl (C=O) groups excluding carboxylic acids is 3. The summed E-state index contributed by atoms with van der Waals surface area (Å²) in [4.78, 5) is 32.0. The molecule has 0 aliphatic carbocycles. The average molecular weight is 236 g/mol. The summed E-state index contributed by atoms with van der Waals surface area (Å²) >= 11 is 5.22. The number of hydrogen-bond donors (Lipinski definition) is 0. The van der Waals surface area contributed by atoms with Crippen LogP contribution in [-0.4, -0.2) is 35.6 Å². The molecule has 0 heterocycles. The van der Waals surface area contributed by atoms with Crippen molar-refractivity contribution in [3.63, 3.8) is 0 Å². The Bertz CT molecular complexity index is 278. The van der Waals surface area contributed by atoms with Gasteiger partial charge in [0, 0.05) is 24.8 Å². The van der Waals surface area contributed by atoms with Crippen molar-refractivity contribution in [3.8, 4) is 0 Å². The van der Waals surface area contributed by atoms with E-state index in [1.807, 2.05) is 0 Å². The standard InChI is InChI=1S/C8H10ClNO5/c1-3-7(12)14-4-5-15-8(13)10(9)6(2)11/h3H,1,4-5H2,2H3. The van der Waals surface area contributed by atoms with Gasteiger partial charge in [0.1, 0.15) is 13.2 Å². The SMILES string of the molecule is C=CC(=O)OCCOC(=O)N(Cl)C(C)=O. The van der Waals surface area contributed by atoms with E-state index in [0.717, 1.165) is 13.0 Å². The molecule has 0 saturated heterocycles. The first-order valence-electron chi connectivity index (χ1n) is 3.91. The topological polar surface area (TPSA) is 72.9 Å². The van der Waals surface area contributed by atoms with E-state index in [-0.39, 0.29) is 17.6 Å². The van der Waals surface area contributed by atoms with Gasteiger partial charge in [0.05, 0.1) is 0 Å². The van der Waals surface area contributed by atoms with Crippen molar-refractivity contribution in [1.82, 2.24) is 4.42 Å². The highest BCUT2D eigenvalue weighted by atomic mass is 35.5. The Balaban J connectivity index is 3.68. The zero-order valence-electron chi connectivity index (χ0n) is 8.07. The smallest absolute Gasteiger partial charge is 0.431 e. The van der Waals surface area contributed by atoms with Crippen molar-refractivity contribution in [2.75, 3.05) is 13.2 Å². The molecule has 7 heteroatoms. The molecule has 0 aromatic heterocycles. The lowest BCUT2D eigenvalue weighted by molar-refractivity contribution is -0.139. The predicted molar refractivity (Wildman–Crippen MR) is 50.9 cm³/mol. The van der Waals surface area contributed by atoms with Gasteiger partial charge >= 0.3 is 12.1 Å². The van der Waals surface area contributed by atoms with Crippen LogP contribution in [0.1, 0.15) is 6.92 Å². The first-order valence-corrected chi connectivity index (χ1v) is 4.25. The molecule has 0 saturated carbocycles. The minimum absolute atomic E-state index is 0.126. The Kier molecular flexibility index (Phi) is 6.12. The van der Waals surface area contributed by atoms with Crippen LogP contribution in [0, 0.1) is 0 Å². The maximum atomic E-state index is 10.9. The second-order valence-electron chi connectivity index (χ2n) is 2.29. The molecule has 0 fully saturated rings. The zero-order chi connectivity index (χ0) is 11.8. The molecule has 15 heavy (non-hydrogen) atoms. The van der Waals surface area contributed by atoms with E-state index in [2.05, 4.69) is 16.1 Å². The summed E-state index contributed by atoms with van der Waals surface area (Å²) in [6.45, 7) is 3.96. The van der Waals surface area contributed by atoms with E-state index >= 15 is 0 Å². The predicted octanol–water partition coefficient (Wildman–Crippen LogP) is 0.855. The molecular weight excluding hydrogens is 226 g/mol. The van der Waals surface area contributed by atoms with Gasteiger partial charge < -0.3 is 9.47 Å². The second kappa shape index (κ2) is 6.83. The van der Waals surface area contributed by atoms with Gasteiger partial charge in [-0.1, -0.05) is 6.58 Å². The van der Waals surface area contributed by atoms with Crippen LogP contribution in [-0.2, 0) is 19.1 Å². The van der Waals surface area contributed by atoms with Gasteiger partial charge in [-0.05, 0) is 0 Å². The summed E-state index contributed by atoms with van der Waals surface area (Å²) in [7, 11) is 0. The van der Waals surface area contributed by atoms with Crippen LogP contribution < -0.4 is 0 Å². The number of imide groups is 1. The molecule has 84 valence electrons. The van der Waals surface area contributed by atoms with Gasteiger partial charge in [-0.3, -0.25) is 4.79 Å². The molecule has 2 amide bonds. The second-order valence-corrected chi connectivity index (χ2v) is 2.62. The molecular formula is C8H10ClNO5. The summed E-state index contributed by atoms with van der Waals surface area (Å²) in [5.41, 5.74) is 0. The first kappa shape index (κ1) is 13.4. The number of esters is 1. The molecule has 0 rings (SSSR count). The highest BCUT2D eigenvalue weighted by molar-refractivity contribution is 6.28. The van der Waals surface area contributed by atoms with Gasteiger partial charge in [-0.2, -0.15) is 4.42 Å². The van der Waals surface area contributed by atoms with Crippen molar-refractivity contribution < 1.29 is 23.9 Å². The molecule has 0 spiro atoms. The maximum absolute atomic E-state index is 10.9. The Morgan fingerprint density at radius 3 is 2.33 bits per heavy atom. The normalized spacial score (nSPS) is 8.93. The minimum Gasteiger partial charge on any atom is -0.459 e. The van der Waals surface area contributed by atoms with Crippen LogP contribution in [0.4, 0.5) is 4.79 Å². The van der Waals surface area contributed by atoms with E-state index in [4.69, 9.17) is 11.8 Å². The third kappa shape index (κ3) is 5.69. The molecule has 0 aromatic rings. The third-order valence-electron chi connectivity index (χ3n) is 1.16. The molecule has 0 aliphatic rings. The van der Waals surface area contributed by atoms with Crippen LogP contribution in [0.3, 0.4) is 0 Å². The lowest BCUT2D eigenvalue weighted by Gasteiger charge is -2.09. The number of carbonyl (C=O) groups is 3. The Hall–Kier alpha value is -1.56. The molecule has 6 nitrogen and oxygen atoms in total. The largest absolute Gasteiger partial charge is 0.459 e. The molecule has 0 atom stereocenters. The monoisotopic (exact) mass is 235 g/mol. The highest BCUT2D eigenvalue weighted by Gasteiger charge is 2.16. The molecule has 0 N–H and O–H groups in total. The van der Waals surface area contributed by atoms with Gasteiger partial charge in [-0.25, -0.2) is 9.59 Å². The van der Waals surface area contributed by atoms with E-state index in [1.165, 1.54) is 0 Å². The summed E-state index contributed by atoms with van der Waals surface area (Å²) in [6, 6.07) is 0. The number of nitrogens with zero attached hydrogens (tertiary/aromatic N) is 1. The number of hydrogen-bond acceptors (Lipinski definition) is 5. The van der Waals surface area contributed by atoms with E-state index < -0.39 is 18.0 Å². The van der Waals surface area contributed by atoms with Gasteiger partial charge in [0.25, 0.3) is 0 Å². The van der Waals surface area contributed by atoms with E-state index in [1.54, 1.807) is 0 Å². The minimum atomic E-state index is -1.01. The molecule has 0 aliphatic heterocycles. The highest BCUT2D eigenvalue weighted by Crippen LogP contribution is 1.98. The van der Waals surface area contributed by atoms with Crippen LogP contribution in [0.25, 0.3) is 0 Å². The van der Waals surface area contributed by atoms with E-state index in [0.29, 0.717) is 0 Å². The lowest BCUT2D eigenvalue weighted by atomic mass is 10.6. The van der Waals surface area contributed by atoms with Gasteiger partial charge in [-0.15, -0.1) is 0 Å². The van der Waals surface area contributed by atoms with E-state index in [9.17, 15) is 14.4 Å². The maximum Gasteiger partial charge on any atom is 0.431 e. The summed E-state index contributed by atoms with van der Waals surface area (Å²) in [5, 5.41) is 0. The Morgan fingerprint density at radius 1 is 1.33 bits per heavy atom. The molecule has 0 radical (unpaired) electrons. The number of amides is 2. The van der Waals surface area contributed by atoms with Crippen LogP contribution in [0.5, 0.6) is 0 Å². The van der Waals surface area contributed by atoms with Crippen molar-refractivity contribution in [2.45, 2.75) is 6.92 Å². The van der Waals surface area contributed by atoms with Gasteiger partial charge in [0.15, 0.2) is 0 Å². The van der Waals surface area contributed by atoms with Crippen LogP contribution >= 0.6 is 11.8 Å². The van der Waals surface area contributed by atoms with Crippen LogP contribution in [0.2, 0.25) is 0 Å². The summed E-state index contributed by atoms with van der Waals surface area (Å²) in [6.07, 6.45) is -0.0376. The Morgan fingerprint density at radius 2 is 1.87 bits per heavy atom. The van der Waals surface area contributed by atoms with Crippen molar-refractivity contribution in [2.24, 2.45) is 0 Å². The van der Waals surface area contributed by atoms with Crippen molar-refractivity contribution >= 4 is 29.7 Å². The van der Waals surface area contributed by atoms with Gasteiger partial charge in [0.2, 0.25) is 5.91 Å². The Labute approximate surface area is 91.5 Å². The summed E-state index contributed by atoms with van der Waals surface area (Å²) in [5.74, 6) is -1.29.